The first-order valence-corrected chi connectivity index (χ1v) is 9.84. The van der Waals surface area contributed by atoms with Crippen LogP contribution in [0.25, 0.3) is 0 Å². The molecule has 7 heteroatoms. The van der Waals surface area contributed by atoms with Crippen LogP contribution < -0.4 is 5.32 Å². The molecule has 2 aromatic carbocycles. The Kier molecular flexibility index (Phi) is 7.89. The van der Waals surface area contributed by atoms with E-state index in [1.807, 2.05) is 60.7 Å². The number of nitrogens with zero attached hydrogens (tertiary/aromatic N) is 2. The van der Waals surface area contributed by atoms with Gasteiger partial charge in [0.05, 0.1) is 0 Å². The molecule has 2 amide bonds. The summed E-state index contributed by atoms with van der Waals surface area (Å²) in [6.45, 7) is 3.60. The zero-order valence-corrected chi connectivity index (χ0v) is 16.5. The van der Waals surface area contributed by atoms with Crippen molar-refractivity contribution in [2.75, 3.05) is 39.3 Å². The number of hydrogen-bond acceptors (Lipinski definition) is 5. The molecule has 0 aromatic heterocycles. The molecular weight excluding hydrogens is 370 g/mol. The van der Waals surface area contributed by atoms with Crippen LogP contribution in [0.5, 0.6) is 0 Å². The molecule has 0 saturated carbocycles. The van der Waals surface area contributed by atoms with Crippen LogP contribution in [0.1, 0.15) is 11.1 Å². The van der Waals surface area contributed by atoms with E-state index in [0.717, 1.165) is 11.1 Å². The highest BCUT2D eigenvalue weighted by Crippen LogP contribution is 2.06. The lowest BCUT2D eigenvalue weighted by Gasteiger charge is -2.25. The first-order valence-electron chi connectivity index (χ1n) is 9.84. The van der Waals surface area contributed by atoms with Crippen molar-refractivity contribution in [3.63, 3.8) is 0 Å². The van der Waals surface area contributed by atoms with Gasteiger partial charge in [-0.3, -0.25) is 0 Å². The summed E-state index contributed by atoms with van der Waals surface area (Å²) in [7, 11) is 0. The maximum absolute atomic E-state index is 12.5. The maximum atomic E-state index is 12.5. The molecule has 29 heavy (non-hydrogen) atoms. The van der Waals surface area contributed by atoms with Crippen LogP contribution in [-0.4, -0.2) is 61.3 Å². The summed E-state index contributed by atoms with van der Waals surface area (Å²) in [5.74, 6) is 0. The number of amides is 2. The summed E-state index contributed by atoms with van der Waals surface area (Å²) in [5, 5.41) is 3.25. The molecule has 154 valence electrons. The molecule has 7 nitrogen and oxygen atoms in total. The molecule has 0 radical (unpaired) electrons. The summed E-state index contributed by atoms with van der Waals surface area (Å²) in [4.78, 5) is 28.2. The van der Waals surface area contributed by atoms with Crippen molar-refractivity contribution in [1.82, 2.24) is 15.1 Å². The third-order valence-corrected chi connectivity index (χ3v) is 4.68. The molecule has 0 atom stereocenters. The Morgan fingerprint density at radius 1 is 0.690 bits per heavy atom. The van der Waals surface area contributed by atoms with Gasteiger partial charge in [-0.05, 0) is 11.1 Å². The highest BCUT2D eigenvalue weighted by Gasteiger charge is 2.21. The van der Waals surface area contributed by atoms with Gasteiger partial charge in [-0.1, -0.05) is 60.7 Å². The number of carbonyl (C=O) groups is 2. The standard InChI is InChI=1S/C22H27N3O4/c26-21(28-17-19-7-3-1-4-8-19)24-13-11-23-12-14-25(16-15-24)22(27)29-18-20-9-5-2-6-10-20/h1-10,23H,11-18H2. The molecule has 1 N–H and O–H groups in total. The average Bonchev–Trinajstić information content (AvgIpc) is 2.89. The maximum Gasteiger partial charge on any atom is 0.410 e. The topological polar surface area (TPSA) is 71.1 Å². The number of nitrogens with one attached hydrogen (secondary N) is 1. The Bertz CT molecular complexity index is 705. The third-order valence-electron chi connectivity index (χ3n) is 4.68. The minimum Gasteiger partial charge on any atom is -0.445 e. The van der Waals surface area contributed by atoms with E-state index in [9.17, 15) is 9.59 Å². The van der Waals surface area contributed by atoms with Gasteiger partial charge >= 0.3 is 12.2 Å². The number of ether oxygens (including phenoxy) is 2. The molecule has 3 rings (SSSR count). The minimum absolute atomic E-state index is 0.229. The summed E-state index contributed by atoms with van der Waals surface area (Å²) < 4.78 is 10.9. The van der Waals surface area contributed by atoms with Gasteiger partial charge in [0.15, 0.2) is 0 Å². The van der Waals surface area contributed by atoms with Crippen LogP contribution >= 0.6 is 0 Å². The molecule has 1 saturated heterocycles. The van der Waals surface area contributed by atoms with Crippen molar-refractivity contribution < 1.29 is 19.1 Å². The molecule has 0 spiro atoms. The molecular formula is C22H27N3O4. The van der Waals surface area contributed by atoms with Crippen LogP contribution in [0, 0.1) is 0 Å². The lowest BCUT2D eigenvalue weighted by Crippen LogP contribution is -2.42. The van der Waals surface area contributed by atoms with E-state index < -0.39 is 0 Å². The van der Waals surface area contributed by atoms with Gasteiger partial charge in [0.2, 0.25) is 0 Å². The van der Waals surface area contributed by atoms with Gasteiger partial charge in [-0.15, -0.1) is 0 Å². The van der Waals surface area contributed by atoms with Crippen LogP contribution in [0.3, 0.4) is 0 Å². The highest BCUT2D eigenvalue weighted by molar-refractivity contribution is 5.69. The second-order valence-corrected chi connectivity index (χ2v) is 6.80. The van der Waals surface area contributed by atoms with E-state index in [4.69, 9.17) is 9.47 Å². The molecule has 0 bridgehead atoms. The van der Waals surface area contributed by atoms with Gasteiger partial charge < -0.3 is 24.6 Å². The van der Waals surface area contributed by atoms with Crippen LogP contribution in [0.4, 0.5) is 9.59 Å². The van der Waals surface area contributed by atoms with Crippen LogP contribution in [0.2, 0.25) is 0 Å². The Labute approximate surface area is 171 Å². The number of carbonyl (C=O) groups excluding carboxylic acids is 2. The summed E-state index contributed by atoms with van der Waals surface area (Å²) in [6.07, 6.45) is -0.759. The molecule has 1 aliphatic rings. The predicted molar refractivity (Wildman–Crippen MR) is 109 cm³/mol. The summed E-state index contributed by atoms with van der Waals surface area (Å²) >= 11 is 0. The SMILES string of the molecule is O=C(OCc1ccccc1)N1CCNCCN(C(=O)OCc2ccccc2)CC1. The lowest BCUT2D eigenvalue weighted by atomic mass is 10.2. The van der Waals surface area contributed by atoms with E-state index in [-0.39, 0.29) is 25.4 Å². The summed E-state index contributed by atoms with van der Waals surface area (Å²) in [5.41, 5.74) is 1.88. The highest BCUT2D eigenvalue weighted by atomic mass is 16.6. The monoisotopic (exact) mass is 397 g/mol. The Hall–Kier alpha value is -3.06. The van der Waals surface area contributed by atoms with Gasteiger partial charge in [0.1, 0.15) is 13.2 Å². The molecule has 0 unspecified atom stereocenters. The fourth-order valence-corrected chi connectivity index (χ4v) is 3.00. The number of rotatable bonds is 4. The molecule has 1 aliphatic heterocycles. The first kappa shape index (κ1) is 20.7. The van der Waals surface area contributed by atoms with Crippen molar-refractivity contribution >= 4 is 12.2 Å². The lowest BCUT2D eigenvalue weighted by molar-refractivity contribution is 0.0818. The van der Waals surface area contributed by atoms with E-state index in [2.05, 4.69) is 5.32 Å². The van der Waals surface area contributed by atoms with E-state index in [0.29, 0.717) is 39.3 Å². The van der Waals surface area contributed by atoms with Gasteiger partial charge in [-0.2, -0.15) is 0 Å². The summed E-state index contributed by atoms with van der Waals surface area (Å²) in [6, 6.07) is 19.1. The molecule has 1 fully saturated rings. The quantitative estimate of drug-likeness (QED) is 0.859. The zero-order valence-electron chi connectivity index (χ0n) is 16.5. The van der Waals surface area contributed by atoms with Crippen molar-refractivity contribution in [1.29, 1.82) is 0 Å². The Balaban J connectivity index is 1.50. The fourth-order valence-electron chi connectivity index (χ4n) is 3.00. The second-order valence-electron chi connectivity index (χ2n) is 6.80. The first-order chi connectivity index (χ1) is 14.2. The molecule has 2 aromatic rings. The fraction of sp³-hybridized carbons (Fsp3) is 0.364. The van der Waals surface area contributed by atoms with Gasteiger partial charge in [0.25, 0.3) is 0 Å². The molecule has 0 aliphatic carbocycles. The average molecular weight is 397 g/mol. The normalized spacial score (nSPS) is 15.0. The Morgan fingerprint density at radius 2 is 1.10 bits per heavy atom. The minimum atomic E-state index is -0.379. The van der Waals surface area contributed by atoms with E-state index in [1.54, 1.807) is 9.80 Å². The molecule has 1 heterocycles. The second kappa shape index (κ2) is 11.1. The van der Waals surface area contributed by atoms with Crippen molar-refractivity contribution in [3.8, 4) is 0 Å². The third kappa shape index (κ3) is 6.80. The van der Waals surface area contributed by atoms with Gasteiger partial charge in [0, 0.05) is 39.3 Å². The number of benzene rings is 2. The van der Waals surface area contributed by atoms with Crippen molar-refractivity contribution in [3.05, 3.63) is 71.8 Å². The van der Waals surface area contributed by atoms with Gasteiger partial charge in [-0.25, -0.2) is 9.59 Å². The van der Waals surface area contributed by atoms with Crippen LogP contribution in [0.15, 0.2) is 60.7 Å². The smallest absolute Gasteiger partial charge is 0.410 e. The number of hydrogen-bond donors (Lipinski definition) is 1. The van der Waals surface area contributed by atoms with Crippen molar-refractivity contribution in [2.24, 2.45) is 0 Å². The van der Waals surface area contributed by atoms with E-state index in [1.165, 1.54) is 0 Å². The zero-order chi connectivity index (χ0) is 20.3. The predicted octanol–water partition coefficient (Wildman–Crippen LogP) is 2.87. The van der Waals surface area contributed by atoms with E-state index >= 15 is 0 Å². The Morgan fingerprint density at radius 3 is 1.52 bits per heavy atom. The van der Waals surface area contributed by atoms with Crippen molar-refractivity contribution in [2.45, 2.75) is 13.2 Å². The largest absolute Gasteiger partial charge is 0.445 e. The van der Waals surface area contributed by atoms with Crippen LogP contribution in [-0.2, 0) is 22.7 Å².